The summed E-state index contributed by atoms with van der Waals surface area (Å²) in [6.45, 7) is 8.65. The number of nitrogens with zero attached hydrogens (tertiary/aromatic N) is 1. The average molecular weight is 359 g/mol. The van der Waals surface area contributed by atoms with Gasteiger partial charge in [-0.25, -0.2) is 4.79 Å². The van der Waals surface area contributed by atoms with Gasteiger partial charge in [-0.3, -0.25) is 4.90 Å². The maximum Gasteiger partial charge on any atom is 1.00 e. The van der Waals surface area contributed by atoms with E-state index in [1.165, 1.54) is 0 Å². The summed E-state index contributed by atoms with van der Waals surface area (Å²) in [5.41, 5.74) is 1.39. The summed E-state index contributed by atoms with van der Waals surface area (Å²) in [5.74, 6) is 0.525. The van der Waals surface area contributed by atoms with Gasteiger partial charge < -0.3 is 26.9 Å². The normalized spacial score (nSPS) is 17.2. The second-order valence-electron chi connectivity index (χ2n) is 6.27. The van der Waals surface area contributed by atoms with Gasteiger partial charge in [0.05, 0.1) is 6.61 Å². The number of aromatic nitrogens is 1. The van der Waals surface area contributed by atoms with Crippen molar-refractivity contribution in [2.75, 3.05) is 19.7 Å². The molecule has 0 spiro atoms. The first-order chi connectivity index (χ1) is 11.1. The fourth-order valence-corrected chi connectivity index (χ4v) is 3.01. The fourth-order valence-electron chi connectivity index (χ4n) is 3.01. The number of carbonyl (C=O) groups excluding carboxylic acids is 1. The molecule has 1 aliphatic heterocycles. The minimum absolute atomic E-state index is 0. The number of H-pyrrole nitrogens is 1. The van der Waals surface area contributed by atoms with Crippen LogP contribution in [0, 0.1) is 0 Å². The molecule has 2 heterocycles. The van der Waals surface area contributed by atoms with Crippen molar-refractivity contribution in [3.8, 4) is 5.75 Å². The molecule has 132 valence electrons. The number of hydrogen-bond acceptors (Lipinski definition) is 4. The van der Waals surface area contributed by atoms with E-state index in [9.17, 15) is 4.79 Å². The number of fused-ring (bicyclic) bond motifs is 1. The molecule has 1 fully saturated rings. The van der Waals surface area contributed by atoms with E-state index in [1.54, 1.807) is 6.92 Å². The number of rotatable bonds is 5. The van der Waals surface area contributed by atoms with Gasteiger partial charge in [-0.15, -0.1) is 0 Å². The molecule has 25 heavy (non-hydrogen) atoms. The van der Waals surface area contributed by atoms with Gasteiger partial charge in [0.1, 0.15) is 17.5 Å². The number of halogens is 1. The van der Waals surface area contributed by atoms with Crippen molar-refractivity contribution >= 4 is 16.9 Å². The molecule has 0 unspecified atom stereocenters. The molecule has 1 saturated heterocycles. The van der Waals surface area contributed by atoms with Gasteiger partial charge in [-0.2, -0.15) is 0 Å². The van der Waals surface area contributed by atoms with E-state index >= 15 is 0 Å². The smallest absolute Gasteiger partial charge is 1.00 e. The standard InChI is InChI=1S/C18H24N2O3.ClH.Li/c1-4-22-18(21)17-10-13-9-14(5-6-16(13)19-17)23-15-7-8-20(11-15)12(2)3;;/h5-6,9-10,12,15,19H,4,7-8,11H2,1-3H3;1H;/q;;+1/p-1/t15-;;/m0../s1. The van der Waals surface area contributed by atoms with Crippen molar-refractivity contribution < 1.29 is 45.5 Å². The Morgan fingerprint density at radius 1 is 1.36 bits per heavy atom. The Bertz CT molecular complexity index is 705. The van der Waals surface area contributed by atoms with E-state index in [0.717, 1.165) is 36.2 Å². The molecule has 1 atom stereocenters. The number of carbonyl (C=O) groups is 1. The van der Waals surface area contributed by atoms with Crippen LogP contribution < -0.4 is 36.0 Å². The summed E-state index contributed by atoms with van der Waals surface area (Å²) in [5, 5.41) is 0.962. The molecule has 0 aliphatic carbocycles. The van der Waals surface area contributed by atoms with Crippen LogP contribution in [0.3, 0.4) is 0 Å². The number of hydrogen-bond donors (Lipinski definition) is 1. The van der Waals surface area contributed by atoms with E-state index in [-0.39, 0.29) is 43.3 Å². The summed E-state index contributed by atoms with van der Waals surface area (Å²) in [4.78, 5) is 17.3. The SMILES string of the molecule is CCOC(=O)c1cc2cc(O[C@H]3CCN(C(C)C)C3)ccc2[nH]1.[Cl-].[Li+]. The summed E-state index contributed by atoms with van der Waals surface area (Å²) < 4.78 is 11.1. The van der Waals surface area contributed by atoms with Crippen LogP contribution in [-0.2, 0) is 4.74 Å². The number of aromatic amines is 1. The molecule has 0 saturated carbocycles. The molecule has 1 aromatic heterocycles. The zero-order chi connectivity index (χ0) is 16.4. The van der Waals surface area contributed by atoms with Crippen molar-refractivity contribution in [2.24, 2.45) is 0 Å². The van der Waals surface area contributed by atoms with Gasteiger partial charge in [0.15, 0.2) is 0 Å². The molecule has 1 aliphatic rings. The molecule has 1 aromatic carbocycles. The first-order valence-corrected chi connectivity index (χ1v) is 8.27. The van der Waals surface area contributed by atoms with Gasteiger partial charge in [0.2, 0.25) is 0 Å². The maximum atomic E-state index is 11.8. The van der Waals surface area contributed by atoms with Crippen LogP contribution in [0.2, 0.25) is 0 Å². The minimum atomic E-state index is -0.325. The molecule has 3 rings (SSSR count). The van der Waals surface area contributed by atoms with Crippen molar-refractivity contribution in [3.05, 3.63) is 30.0 Å². The summed E-state index contributed by atoms with van der Waals surface area (Å²) in [6.07, 6.45) is 1.29. The Hall–Kier alpha value is -1.12. The maximum absolute atomic E-state index is 11.8. The molecule has 1 N–H and O–H groups in total. The van der Waals surface area contributed by atoms with E-state index < -0.39 is 0 Å². The molecule has 0 amide bonds. The Labute approximate surface area is 167 Å². The molecule has 7 heteroatoms. The van der Waals surface area contributed by atoms with Gasteiger partial charge in [-0.1, -0.05) is 0 Å². The molecular formula is C18H24ClLiN2O3. The minimum Gasteiger partial charge on any atom is -1.00 e. The van der Waals surface area contributed by atoms with Gasteiger partial charge in [-0.05, 0) is 51.5 Å². The summed E-state index contributed by atoms with van der Waals surface area (Å²) in [6, 6.07) is 8.25. The van der Waals surface area contributed by atoms with E-state index in [4.69, 9.17) is 9.47 Å². The third kappa shape index (κ3) is 5.18. The molecule has 0 bridgehead atoms. The Morgan fingerprint density at radius 2 is 2.12 bits per heavy atom. The van der Waals surface area contributed by atoms with Crippen LogP contribution >= 0.6 is 0 Å². The van der Waals surface area contributed by atoms with Crippen LogP contribution in [0.4, 0.5) is 0 Å². The third-order valence-corrected chi connectivity index (χ3v) is 4.30. The number of ether oxygens (including phenoxy) is 2. The Kier molecular flexibility index (Phi) is 8.36. The number of benzene rings is 1. The second-order valence-corrected chi connectivity index (χ2v) is 6.27. The predicted octanol–water partition coefficient (Wildman–Crippen LogP) is -2.79. The largest absolute Gasteiger partial charge is 1.00 e. The van der Waals surface area contributed by atoms with Crippen LogP contribution in [0.1, 0.15) is 37.7 Å². The third-order valence-electron chi connectivity index (χ3n) is 4.30. The van der Waals surface area contributed by atoms with Crippen molar-refractivity contribution in [2.45, 2.75) is 39.3 Å². The van der Waals surface area contributed by atoms with E-state index in [2.05, 4.69) is 23.7 Å². The van der Waals surface area contributed by atoms with Gasteiger partial charge >= 0.3 is 24.8 Å². The number of likely N-dealkylation sites (tertiary alicyclic amines) is 1. The molecule has 2 aromatic rings. The molecular weight excluding hydrogens is 335 g/mol. The quantitative estimate of drug-likeness (QED) is 0.464. The summed E-state index contributed by atoms with van der Waals surface area (Å²) in [7, 11) is 0. The number of esters is 1. The van der Waals surface area contributed by atoms with Gasteiger partial charge in [0, 0.05) is 30.0 Å². The summed E-state index contributed by atoms with van der Waals surface area (Å²) >= 11 is 0. The predicted molar refractivity (Wildman–Crippen MR) is 90.0 cm³/mol. The zero-order valence-electron chi connectivity index (χ0n) is 15.3. The Morgan fingerprint density at radius 3 is 2.76 bits per heavy atom. The number of nitrogens with one attached hydrogen (secondary N) is 1. The first-order valence-electron chi connectivity index (χ1n) is 8.27. The van der Waals surface area contributed by atoms with Crippen molar-refractivity contribution in [1.29, 1.82) is 0 Å². The second kappa shape index (κ2) is 9.54. The molecule has 0 radical (unpaired) electrons. The van der Waals surface area contributed by atoms with Crippen LogP contribution in [0.25, 0.3) is 10.9 Å². The Balaban J connectivity index is 0.00000156. The average Bonchev–Trinajstić information content (AvgIpc) is 3.13. The van der Waals surface area contributed by atoms with E-state index in [0.29, 0.717) is 18.3 Å². The zero-order valence-corrected chi connectivity index (χ0v) is 16.1. The molecule has 5 nitrogen and oxygen atoms in total. The topological polar surface area (TPSA) is 54.6 Å². The van der Waals surface area contributed by atoms with Crippen molar-refractivity contribution in [3.63, 3.8) is 0 Å². The monoisotopic (exact) mass is 358 g/mol. The first kappa shape index (κ1) is 21.9. The van der Waals surface area contributed by atoms with E-state index in [1.807, 2.05) is 24.3 Å². The van der Waals surface area contributed by atoms with Crippen LogP contribution in [0.15, 0.2) is 24.3 Å². The van der Waals surface area contributed by atoms with Gasteiger partial charge in [0.25, 0.3) is 0 Å². The van der Waals surface area contributed by atoms with Crippen LogP contribution in [-0.4, -0.2) is 47.7 Å². The van der Waals surface area contributed by atoms with Crippen LogP contribution in [0.5, 0.6) is 5.75 Å². The van der Waals surface area contributed by atoms with Crippen molar-refractivity contribution in [1.82, 2.24) is 9.88 Å². The fraction of sp³-hybridized carbons (Fsp3) is 0.500.